The topological polar surface area (TPSA) is 96.6 Å². The molecule has 6 aromatic rings. The maximum Gasteiger partial charge on any atom is 0.297 e. The van der Waals surface area contributed by atoms with Crippen LogP contribution in [-0.2, 0) is 22.6 Å². The second-order valence-electron chi connectivity index (χ2n) is 11.8. The zero-order chi connectivity index (χ0) is 34.2. The van der Waals surface area contributed by atoms with Crippen molar-refractivity contribution in [3.05, 3.63) is 143 Å². The second-order valence-corrected chi connectivity index (χ2v) is 15.3. The fourth-order valence-corrected chi connectivity index (χ4v) is 9.05. The standard InChI is InChI=1S/C36H23Cl3N4O4S2/c1-18-13-24-28(14-19(18)2)47-31-29(30(24)44)36(25-5-3-4-6-27(25)42(33(36)46)16-20-7-10-22(37)11-8-20)43(32(31)45)34-40-41-35(49-34)48-17-21-9-12-23(38)15-26(21)39/h3-15H,16-17H2,1-2H3. The van der Waals surface area contributed by atoms with Gasteiger partial charge in [0, 0.05) is 26.4 Å². The van der Waals surface area contributed by atoms with Crippen molar-refractivity contribution in [1.29, 1.82) is 0 Å². The van der Waals surface area contributed by atoms with Gasteiger partial charge < -0.3 is 9.32 Å². The summed E-state index contributed by atoms with van der Waals surface area (Å²) in [6, 6.07) is 23.1. The van der Waals surface area contributed by atoms with Crippen LogP contribution in [0.4, 0.5) is 10.8 Å². The highest BCUT2D eigenvalue weighted by Gasteiger charge is 2.66. The number of halogens is 3. The van der Waals surface area contributed by atoms with E-state index in [1.54, 1.807) is 53.4 Å². The van der Waals surface area contributed by atoms with Crippen LogP contribution in [0.15, 0.2) is 92.4 Å². The Hall–Kier alpha value is -4.19. The van der Waals surface area contributed by atoms with Crippen LogP contribution < -0.4 is 15.2 Å². The van der Waals surface area contributed by atoms with E-state index in [0.29, 0.717) is 36.4 Å². The summed E-state index contributed by atoms with van der Waals surface area (Å²) < 4.78 is 6.82. The van der Waals surface area contributed by atoms with Gasteiger partial charge in [0.2, 0.25) is 10.9 Å². The summed E-state index contributed by atoms with van der Waals surface area (Å²) in [6.45, 7) is 3.97. The minimum Gasteiger partial charge on any atom is -0.450 e. The van der Waals surface area contributed by atoms with Crippen molar-refractivity contribution >= 4 is 91.5 Å². The first-order chi connectivity index (χ1) is 23.6. The molecule has 8 rings (SSSR count). The summed E-state index contributed by atoms with van der Waals surface area (Å²) in [5, 5.41) is 10.8. The molecule has 2 aliphatic rings. The van der Waals surface area contributed by atoms with E-state index >= 15 is 4.79 Å². The lowest BCUT2D eigenvalue weighted by atomic mass is 9.84. The van der Waals surface area contributed by atoms with Gasteiger partial charge >= 0.3 is 0 Å². The van der Waals surface area contributed by atoms with Crippen molar-refractivity contribution in [2.75, 3.05) is 9.80 Å². The van der Waals surface area contributed by atoms with Gasteiger partial charge in [-0.1, -0.05) is 94.3 Å². The lowest BCUT2D eigenvalue weighted by molar-refractivity contribution is -0.121. The number of carbonyl (C=O) groups is 2. The number of hydrogen-bond donors (Lipinski definition) is 0. The summed E-state index contributed by atoms with van der Waals surface area (Å²) in [7, 11) is 0. The van der Waals surface area contributed by atoms with Crippen LogP contribution in [-0.4, -0.2) is 22.0 Å². The molecular formula is C36H23Cl3N4O4S2. The van der Waals surface area contributed by atoms with Gasteiger partial charge in [-0.3, -0.25) is 19.3 Å². The average Bonchev–Trinajstić information content (AvgIpc) is 3.72. The van der Waals surface area contributed by atoms with E-state index in [1.165, 1.54) is 16.7 Å². The number of rotatable bonds is 6. The third-order valence-corrected chi connectivity index (χ3v) is 11.9. The highest BCUT2D eigenvalue weighted by atomic mass is 35.5. The molecular weight excluding hydrogens is 723 g/mol. The van der Waals surface area contributed by atoms with Gasteiger partial charge in [0.1, 0.15) is 5.58 Å². The first-order valence-corrected chi connectivity index (χ1v) is 18.0. The SMILES string of the molecule is Cc1cc2oc3c(c(=O)c2cc1C)C1(C(=O)N(Cc2ccc(Cl)cc2)c2ccccc21)N(c1nnc(SCc2ccc(Cl)cc2Cl)s1)C3=O. The van der Waals surface area contributed by atoms with Crippen LogP contribution in [0.3, 0.4) is 0 Å². The second kappa shape index (κ2) is 12.0. The number of para-hydroxylation sites is 1. The van der Waals surface area contributed by atoms with E-state index in [2.05, 4.69) is 10.2 Å². The molecule has 1 atom stereocenters. The van der Waals surface area contributed by atoms with Crippen molar-refractivity contribution < 1.29 is 14.0 Å². The Kier molecular flexibility index (Phi) is 7.84. The molecule has 1 spiro atoms. The number of carbonyl (C=O) groups excluding carboxylic acids is 2. The number of hydrogen-bond acceptors (Lipinski definition) is 8. The zero-order valence-corrected chi connectivity index (χ0v) is 29.7. The van der Waals surface area contributed by atoms with E-state index in [4.69, 9.17) is 39.2 Å². The van der Waals surface area contributed by atoms with E-state index in [1.807, 2.05) is 44.2 Å². The van der Waals surface area contributed by atoms with Crippen LogP contribution in [0.25, 0.3) is 11.0 Å². The van der Waals surface area contributed by atoms with Crippen molar-refractivity contribution in [2.45, 2.75) is 36.0 Å². The summed E-state index contributed by atoms with van der Waals surface area (Å²) in [4.78, 5) is 47.4. The quantitative estimate of drug-likeness (QED) is 0.124. The minimum atomic E-state index is -1.90. The van der Waals surface area contributed by atoms with Gasteiger partial charge in [-0.05, 0) is 78.6 Å². The summed E-state index contributed by atoms with van der Waals surface area (Å²) in [6.07, 6.45) is 0. The molecule has 4 heterocycles. The maximum atomic E-state index is 15.2. The van der Waals surface area contributed by atoms with Crippen molar-refractivity contribution in [3.63, 3.8) is 0 Å². The number of benzene rings is 4. The number of anilines is 2. The number of fused-ring (bicyclic) bond motifs is 5. The molecule has 2 aliphatic heterocycles. The lowest BCUT2D eigenvalue weighted by Gasteiger charge is -2.32. The van der Waals surface area contributed by atoms with E-state index in [-0.39, 0.29) is 34.0 Å². The van der Waals surface area contributed by atoms with E-state index in [9.17, 15) is 9.59 Å². The molecule has 13 heteroatoms. The Morgan fingerprint density at radius 1 is 0.878 bits per heavy atom. The molecule has 244 valence electrons. The number of nitrogens with zero attached hydrogens (tertiary/aromatic N) is 4. The molecule has 0 saturated carbocycles. The monoisotopic (exact) mass is 744 g/mol. The predicted molar refractivity (Wildman–Crippen MR) is 195 cm³/mol. The molecule has 8 nitrogen and oxygen atoms in total. The van der Waals surface area contributed by atoms with E-state index in [0.717, 1.165) is 33.6 Å². The smallest absolute Gasteiger partial charge is 0.297 e. The predicted octanol–water partition coefficient (Wildman–Crippen LogP) is 8.96. The largest absolute Gasteiger partial charge is 0.450 e. The van der Waals surface area contributed by atoms with Crippen molar-refractivity contribution in [3.8, 4) is 0 Å². The fourth-order valence-electron chi connectivity index (χ4n) is 6.48. The van der Waals surface area contributed by atoms with Gasteiger partial charge in [0.05, 0.1) is 23.2 Å². The first-order valence-electron chi connectivity index (χ1n) is 15.1. The van der Waals surface area contributed by atoms with Gasteiger partial charge in [-0.2, -0.15) is 0 Å². The van der Waals surface area contributed by atoms with Gasteiger partial charge in [-0.15, -0.1) is 10.2 Å². The van der Waals surface area contributed by atoms with Crippen LogP contribution >= 0.6 is 57.9 Å². The van der Waals surface area contributed by atoms with Crippen LogP contribution in [0.2, 0.25) is 15.1 Å². The first kappa shape index (κ1) is 32.0. The van der Waals surface area contributed by atoms with E-state index < -0.39 is 22.8 Å². The van der Waals surface area contributed by atoms with Crippen LogP contribution in [0, 0.1) is 13.8 Å². The summed E-state index contributed by atoms with van der Waals surface area (Å²) >= 11 is 21.2. The summed E-state index contributed by atoms with van der Waals surface area (Å²) in [5.41, 5.74) is 2.33. The molecule has 49 heavy (non-hydrogen) atoms. The molecule has 0 radical (unpaired) electrons. The third kappa shape index (κ3) is 5.00. The lowest BCUT2D eigenvalue weighted by Crippen LogP contribution is -2.53. The molecule has 2 amide bonds. The van der Waals surface area contributed by atoms with Crippen LogP contribution in [0.1, 0.15) is 43.9 Å². The zero-order valence-electron chi connectivity index (χ0n) is 25.8. The van der Waals surface area contributed by atoms with Gasteiger partial charge in [0.15, 0.2) is 15.3 Å². The Bertz CT molecular complexity index is 2430. The Morgan fingerprint density at radius 2 is 1.61 bits per heavy atom. The summed E-state index contributed by atoms with van der Waals surface area (Å²) in [5.74, 6) is -0.875. The van der Waals surface area contributed by atoms with Gasteiger partial charge in [0.25, 0.3) is 11.8 Å². The van der Waals surface area contributed by atoms with Crippen LogP contribution in [0.5, 0.6) is 0 Å². The Balaban J connectivity index is 1.31. The third-order valence-electron chi connectivity index (χ3n) is 8.95. The molecule has 0 saturated heterocycles. The number of amides is 2. The number of aromatic nitrogens is 2. The molecule has 0 fully saturated rings. The number of aryl methyl sites for hydroxylation is 2. The maximum absolute atomic E-state index is 15.2. The Morgan fingerprint density at radius 3 is 2.39 bits per heavy atom. The van der Waals surface area contributed by atoms with Crippen molar-refractivity contribution in [2.24, 2.45) is 0 Å². The number of thioether (sulfide) groups is 1. The van der Waals surface area contributed by atoms with Crippen molar-refractivity contribution in [1.82, 2.24) is 10.2 Å². The minimum absolute atomic E-state index is 0.0401. The molecule has 4 aromatic carbocycles. The molecule has 2 aromatic heterocycles. The van der Waals surface area contributed by atoms with Gasteiger partial charge in [-0.25, -0.2) is 0 Å². The normalized spacial score (nSPS) is 16.7. The molecule has 0 N–H and O–H groups in total. The average molecular weight is 746 g/mol. The fraction of sp³-hybridized carbons (Fsp3) is 0.139. The highest BCUT2D eigenvalue weighted by Crippen LogP contribution is 2.55. The Labute approximate surface area is 303 Å². The molecule has 0 aliphatic carbocycles. The molecule has 0 bridgehead atoms. The molecule has 1 unspecified atom stereocenters. The highest BCUT2D eigenvalue weighted by molar-refractivity contribution is 8.00.